The number of aliphatic hydroxyl groups is 1. The molecule has 1 fully saturated rings. The molecular formula is C27H29FN4O4. The zero-order valence-corrected chi connectivity index (χ0v) is 20.3. The first-order valence-corrected chi connectivity index (χ1v) is 12.0. The largest absolute Gasteiger partial charge is 0.494 e. The molecule has 0 radical (unpaired) electrons. The Kier molecular flexibility index (Phi) is 6.10. The standard InChI is InChI=1S/C27H29FN4O4/c1-4-11-29-12-6-13-31-25(34)27(2)15-18-21-19(9-10-20(36-3)22(21)28)30-23(18)24(32(27)26(31)35)16-7-5-8-17(33)14-16/h1,5,7,9-10,14,17,24,29-30,33H,6,8,11-13,15H2,2-3H3/t17?,24-,27+/m1/s1. The van der Waals surface area contributed by atoms with Gasteiger partial charge in [0.05, 0.1) is 19.8 Å². The zero-order valence-electron chi connectivity index (χ0n) is 20.3. The molecule has 3 N–H and O–H groups in total. The minimum atomic E-state index is -1.22. The van der Waals surface area contributed by atoms with Gasteiger partial charge in [0.1, 0.15) is 11.6 Å². The number of hydrogen-bond acceptors (Lipinski definition) is 5. The molecule has 3 aliphatic rings. The van der Waals surface area contributed by atoms with Crippen molar-refractivity contribution in [2.45, 2.75) is 43.9 Å². The predicted octanol–water partition coefficient (Wildman–Crippen LogP) is 2.80. The second-order valence-electron chi connectivity index (χ2n) is 9.59. The highest BCUT2D eigenvalue weighted by molar-refractivity contribution is 6.08. The van der Waals surface area contributed by atoms with Crippen molar-refractivity contribution in [3.8, 4) is 18.1 Å². The Morgan fingerprint density at radius 3 is 2.92 bits per heavy atom. The Labute approximate surface area is 208 Å². The van der Waals surface area contributed by atoms with Gasteiger partial charge in [0.2, 0.25) is 0 Å². The minimum Gasteiger partial charge on any atom is -0.494 e. The first-order valence-electron chi connectivity index (χ1n) is 12.0. The lowest BCUT2D eigenvalue weighted by Crippen LogP contribution is -2.53. The van der Waals surface area contributed by atoms with E-state index in [-0.39, 0.29) is 24.6 Å². The number of aromatic nitrogens is 1. The van der Waals surface area contributed by atoms with Crippen LogP contribution in [0.2, 0.25) is 0 Å². The SMILES string of the molecule is C#CCNCCCN1C(=O)N2[C@H](C3=CC(O)CC=C3)c3[nH]c4ccc(OC)c(F)c4c3C[C@@]2(C)C1=O. The van der Waals surface area contributed by atoms with Gasteiger partial charge in [0.15, 0.2) is 11.6 Å². The van der Waals surface area contributed by atoms with Gasteiger partial charge in [-0.3, -0.25) is 14.6 Å². The molecule has 0 bridgehead atoms. The van der Waals surface area contributed by atoms with E-state index in [1.54, 1.807) is 30.0 Å². The highest BCUT2D eigenvalue weighted by atomic mass is 19.1. The number of H-pyrrole nitrogens is 1. The molecule has 1 aliphatic carbocycles. The summed E-state index contributed by atoms with van der Waals surface area (Å²) in [4.78, 5) is 33.7. The molecule has 8 nitrogen and oxygen atoms in total. The van der Waals surface area contributed by atoms with Crippen molar-refractivity contribution in [3.05, 3.63) is 53.0 Å². The number of aromatic amines is 1. The summed E-state index contributed by atoms with van der Waals surface area (Å²) in [5.41, 5.74) is 1.29. The molecule has 0 spiro atoms. The van der Waals surface area contributed by atoms with Gasteiger partial charge in [0.25, 0.3) is 5.91 Å². The van der Waals surface area contributed by atoms with E-state index in [1.807, 2.05) is 12.2 Å². The second-order valence-corrected chi connectivity index (χ2v) is 9.59. The summed E-state index contributed by atoms with van der Waals surface area (Å²) in [6.45, 7) is 2.95. The average molecular weight is 493 g/mol. The molecular weight excluding hydrogens is 463 g/mol. The first kappa shape index (κ1) is 24.1. The molecule has 36 heavy (non-hydrogen) atoms. The van der Waals surface area contributed by atoms with E-state index in [0.717, 1.165) is 0 Å². The Balaban J connectivity index is 1.62. The third kappa shape index (κ3) is 3.60. The molecule has 1 aromatic carbocycles. The minimum absolute atomic E-state index is 0.107. The summed E-state index contributed by atoms with van der Waals surface area (Å²) in [7, 11) is 1.41. The third-order valence-electron chi connectivity index (χ3n) is 7.30. The topological polar surface area (TPSA) is 97.9 Å². The van der Waals surface area contributed by atoms with Crippen molar-refractivity contribution >= 4 is 22.8 Å². The zero-order chi connectivity index (χ0) is 25.6. The lowest BCUT2D eigenvalue weighted by atomic mass is 9.80. The Morgan fingerprint density at radius 2 is 2.19 bits per heavy atom. The van der Waals surface area contributed by atoms with E-state index in [4.69, 9.17) is 11.2 Å². The fraction of sp³-hybridized carbons (Fsp3) is 0.407. The first-order chi connectivity index (χ1) is 17.3. The molecule has 188 valence electrons. The van der Waals surface area contributed by atoms with Crippen molar-refractivity contribution in [2.75, 3.05) is 26.7 Å². The van der Waals surface area contributed by atoms with Crippen LogP contribution in [0, 0.1) is 18.2 Å². The van der Waals surface area contributed by atoms with Crippen LogP contribution in [0.25, 0.3) is 10.9 Å². The van der Waals surface area contributed by atoms with Gasteiger partial charge in [-0.1, -0.05) is 24.1 Å². The predicted molar refractivity (Wildman–Crippen MR) is 133 cm³/mol. The molecule has 3 amide bonds. The Morgan fingerprint density at radius 1 is 1.39 bits per heavy atom. The Hall–Kier alpha value is -3.61. The monoisotopic (exact) mass is 492 g/mol. The van der Waals surface area contributed by atoms with Crippen LogP contribution in [-0.4, -0.2) is 70.2 Å². The number of nitrogens with zero attached hydrogens (tertiary/aromatic N) is 2. The molecule has 2 aromatic rings. The second kappa shape index (κ2) is 9.12. The molecule has 1 unspecified atom stereocenters. The summed E-state index contributed by atoms with van der Waals surface area (Å²) in [5.74, 6) is 1.77. The molecule has 3 heterocycles. The molecule has 1 saturated heterocycles. The van der Waals surface area contributed by atoms with Gasteiger partial charge in [0, 0.05) is 29.6 Å². The molecule has 1 aromatic heterocycles. The number of rotatable bonds is 7. The van der Waals surface area contributed by atoms with Crippen LogP contribution in [0.3, 0.4) is 0 Å². The number of fused-ring (bicyclic) bond motifs is 4. The van der Waals surface area contributed by atoms with E-state index in [1.165, 1.54) is 12.0 Å². The van der Waals surface area contributed by atoms with Gasteiger partial charge >= 0.3 is 6.03 Å². The van der Waals surface area contributed by atoms with Gasteiger partial charge in [-0.25, -0.2) is 9.18 Å². The average Bonchev–Trinajstić information content (AvgIpc) is 3.31. The van der Waals surface area contributed by atoms with Crippen LogP contribution in [0.1, 0.15) is 37.1 Å². The smallest absolute Gasteiger partial charge is 0.328 e. The molecule has 9 heteroatoms. The third-order valence-corrected chi connectivity index (χ3v) is 7.30. The van der Waals surface area contributed by atoms with Crippen molar-refractivity contribution in [3.63, 3.8) is 0 Å². The number of halogens is 1. The normalized spacial score (nSPS) is 25.1. The number of carbonyl (C=O) groups is 2. The molecule has 3 atom stereocenters. The maximum Gasteiger partial charge on any atom is 0.328 e. The van der Waals surface area contributed by atoms with Gasteiger partial charge < -0.3 is 20.1 Å². The lowest BCUT2D eigenvalue weighted by molar-refractivity contribution is -0.133. The highest BCUT2D eigenvalue weighted by Crippen LogP contribution is 2.50. The quantitative estimate of drug-likeness (QED) is 0.314. The number of hydrogen-bond donors (Lipinski definition) is 3. The van der Waals surface area contributed by atoms with Crippen LogP contribution < -0.4 is 10.1 Å². The van der Waals surface area contributed by atoms with E-state index >= 15 is 4.39 Å². The number of methoxy groups -OCH3 is 1. The summed E-state index contributed by atoms with van der Waals surface area (Å²) in [5, 5.41) is 13.8. The van der Waals surface area contributed by atoms with Crippen molar-refractivity contribution in [1.29, 1.82) is 0 Å². The van der Waals surface area contributed by atoms with Crippen molar-refractivity contribution in [1.82, 2.24) is 20.1 Å². The highest BCUT2D eigenvalue weighted by Gasteiger charge is 2.60. The summed E-state index contributed by atoms with van der Waals surface area (Å²) < 4.78 is 20.7. The van der Waals surface area contributed by atoms with E-state index in [9.17, 15) is 14.7 Å². The number of urea groups is 1. The van der Waals surface area contributed by atoms with Crippen LogP contribution in [0.4, 0.5) is 9.18 Å². The number of amides is 3. The molecule has 5 rings (SSSR count). The lowest BCUT2D eigenvalue weighted by Gasteiger charge is -2.43. The van der Waals surface area contributed by atoms with Crippen LogP contribution in [0.15, 0.2) is 35.9 Å². The number of terminal acetylenes is 1. The number of nitrogens with one attached hydrogen (secondary N) is 2. The van der Waals surface area contributed by atoms with E-state index in [2.05, 4.69) is 16.2 Å². The van der Waals surface area contributed by atoms with Gasteiger partial charge in [-0.2, -0.15) is 0 Å². The van der Waals surface area contributed by atoms with Crippen molar-refractivity contribution in [2.24, 2.45) is 0 Å². The fourth-order valence-electron chi connectivity index (χ4n) is 5.64. The maximum atomic E-state index is 15.5. The number of benzene rings is 1. The van der Waals surface area contributed by atoms with Crippen LogP contribution in [-0.2, 0) is 11.2 Å². The number of imide groups is 1. The van der Waals surface area contributed by atoms with E-state index < -0.39 is 29.5 Å². The number of aliphatic hydroxyl groups excluding tert-OH is 1. The van der Waals surface area contributed by atoms with Gasteiger partial charge in [-0.05, 0) is 49.6 Å². The summed E-state index contributed by atoms with van der Waals surface area (Å²) >= 11 is 0. The maximum absolute atomic E-state index is 15.5. The number of ether oxygens (including phenoxy) is 1. The molecule has 0 saturated carbocycles. The fourth-order valence-corrected chi connectivity index (χ4v) is 5.64. The summed E-state index contributed by atoms with van der Waals surface area (Å²) in [6.07, 6.45) is 11.1. The van der Waals surface area contributed by atoms with E-state index in [0.29, 0.717) is 53.7 Å². The summed E-state index contributed by atoms with van der Waals surface area (Å²) in [6, 6.07) is 2.19. The Bertz CT molecular complexity index is 1340. The van der Waals surface area contributed by atoms with Crippen molar-refractivity contribution < 1.29 is 23.8 Å². The van der Waals surface area contributed by atoms with Crippen LogP contribution in [0.5, 0.6) is 5.75 Å². The van der Waals surface area contributed by atoms with Gasteiger partial charge in [-0.15, -0.1) is 6.42 Å². The number of carbonyl (C=O) groups excluding carboxylic acids is 2. The van der Waals surface area contributed by atoms with Crippen LogP contribution >= 0.6 is 0 Å². The molecule has 2 aliphatic heterocycles.